The first-order chi connectivity index (χ1) is 9.20. The van der Waals surface area contributed by atoms with Gasteiger partial charge >= 0.3 is 0 Å². The summed E-state index contributed by atoms with van der Waals surface area (Å²) >= 11 is 5.98. The Bertz CT molecular complexity index is 541. The van der Waals surface area contributed by atoms with Crippen LogP contribution in [0.4, 0.5) is 11.5 Å². The summed E-state index contributed by atoms with van der Waals surface area (Å²) in [5, 5.41) is 6.64. The van der Waals surface area contributed by atoms with Gasteiger partial charge in [-0.2, -0.15) is 0 Å². The van der Waals surface area contributed by atoms with Crippen LogP contribution in [0.25, 0.3) is 0 Å². The smallest absolute Gasteiger partial charge is 0.157 e. The lowest BCUT2D eigenvalue weighted by Crippen LogP contribution is -2.09. The van der Waals surface area contributed by atoms with Crippen molar-refractivity contribution in [2.45, 2.75) is 13.3 Å². The van der Waals surface area contributed by atoms with Crippen molar-refractivity contribution in [2.24, 2.45) is 0 Å². The lowest BCUT2D eigenvalue weighted by molar-refractivity contribution is 0.982. The van der Waals surface area contributed by atoms with Gasteiger partial charge in [-0.1, -0.05) is 17.7 Å². The van der Waals surface area contributed by atoms with Crippen LogP contribution in [0.1, 0.15) is 11.3 Å². The predicted octanol–water partition coefficient (Wildman–Crippen LogP) is 2.53. The normalized spacial score (nSPS) is 10.3. The Morgan fingerprint density at radius 2 is 2.05 bits per heavy atom. The fourth-order valence-corrected chi connectivity index (χ4v) is 1.92. The van der Waals surface area contributed by atoms with Crippen LogP contribution in [0.3, 0.4) is 0 Å². The van der Waals surface area contributed by atoms with Crippen molar-refractivity contribution in [3.05, 3.63) is 41.1 Å². The van der Waals surface area contributed by atoms with Crippen molar-refractivity contribution < 1.29 is 0 Å². The van der Waals surface area contributed by atoms with Gasteiger partial charge in [0.2, 0.25) is 0 Å². The molecule has 0 aromatic carbocycles. The maximum atomic E-state index is 5.98. The Hall–Kier alpha value is -1.88. The molecule has 0 amide bonds. The van der Waals surface area contributed by atoms with Crippen molar-refractivity contribution in [1.29, 1.82) is 0 Å². The number of aryl methyl sites for hydroxylation is 1. The molecule has 0 atom stereocenters. The van der Waals surface area contributed by atoms with Crippen LogP contribution in [-0.4, -0.2) is 28.5 Å². The highest BCUT2D eigenvalue weighted by atomic mass is 35.5. The van der Waals surface area contributed by atoms with Crippen molar-refractivity contribution >= 4 is 23.1 Å². The quantitative estimate of drug-likeness (QED) is 0.823. The Morgan fingerprint density at radius 3 is 2.74 bits per heavy atom. The van der Waals surface area contributed by atoms with E-state index in [2.05, 4.69) is 31.7 Å². The Balaban J connectivity index is 1.96. The van der Waals surface area contributed by atoms with Crippen molar-refractivity contribution in [1.82, 2.24) is 15.0 Å². The molecule has 0 unspecified atom stereocenters. The minimum Gasteiger partial charge on any atom is -0.383 e. The van der Waals surface area contributed by atoms with Gasteiger partial charge in [-0.15, -0.1) is 0 Å². The van der Waals surface area contributed by atoms with Crippen LogP contribution in [0.15, 0.2) is 24.7 Å². The molecular weight excluding hydrogens is 262 g/mol. The maximum Gasteiger partial charge on any atom is 0.157 e. The van der Waals surface area contributed by atoms with Gasteiger partial charge in [-0.25, -0.2) is 9.97 Å². The van der Waals surface area contributed by atoms with E-state index in [1.165, 1.54) is 11.9 Å². The highest BCUT2D eigenvalue weighted by molar-refractivity contribution is 6.32. The van der Waals surface area contributed by atoms with E-state index in [9.17, 15) is 0 Å². The number of hydrogen-bond acceptors (Lipinski definition) is 5. The van der Waals surface area contributed by atoms with Gasteiger partial charge in [0.15, 0.2) is 11.0 Å². The fourth-order valence-electron chi connectivity index (χ4n) is 1.69. The molecule has 0 spiro atoms. The van der Waals surface area contributed by atoms with E-state index < -0.39 is 0 Å². The number of anilines is 2. The van der Waals surface area contributed by atoms with Crippen LogP contribution in [0.2, 0.25) is 5.15 Å². The number of pyridine rings is 1. The highest BCUT2D eigenvalue weighted by Crippen LogP contribution is 2.25. The molecule has 2 aromatic heterocycles. The molecule has 0 fully saturated rings. The first-order valence-corrected chi connectivity index (χ1v) is 6.42. The van der Waals surface area contributed by atoms with E-state index in [4.69, 9.17) is 11.6 Å². The summed E-state index contributed by atoms with van der Waals surface area (Å²) in [5.74, 6) is 0.711. The molecule has 0 aliphatic rings. The first-order valence-electron chi connectivity index (χ1n) is 6.04. The molecule has 6 heteroatoms. The van der Waals surface area contributed by atoms with E-state index in [1.54, 1.807) is 7.05 Å². The maximum absolute atomic E-state index is 5.98. The van der Waals surface area contributed by atoms with Crippen molar-refractivity contribution in [3.8, 4) is 0 Å². The van der Waals surface area contributed by atoms with E-state index in [0.717, 1.165) is 18.7 Å². The van der Waals surface area contributed by atoms with Crippen molar-refractivity contribution in [3.63, 3.8) is 0 Å². The van der Waals surface area contributed by atoms with Gasteiger partial charge in [-0.05, 0) is 25.0 Å². The zero-order valence-electron chi connectivity index (χ0n) is 10.9. The number of hydrogen-bond donors (Lipinski definition) is 2. The Labute approximate surface area is 117 Å². The SMILES string of the molecule is CNc1c(Cl)ncnc1NCCc1ccc(C)nc1. The second kappa shape index (κ2) is 6.33. The number of aromatic nitrogens is 3. The molecule has 0 saturated heterocycles. The zero-order chi connectivity index (χ0) is 13.7. The molecule has 5 nitrogen and oxygen atoms in total. The lowest BCUT2D eigenvalue weighted by Gasteiger charge is -2.11. The third-order valence-electron chi connectivity index (χ3n) is 2.73. The predicted molar refractivity (Wildman–Crippen MR) is 77.8 cm³/mol. The summed E-state index contributed by atoms with van der Waals surface area (Å²) in [6.45, 7) is 2.73. The van der Waals surface area contributed by atoms with Crippen LogP contribution in [-0.2, 0) is 6.42 Å². The topological polar surface area (TPSA) is 62.7 Å². The molecule has 0 aliphatic heterocycles. The molecule has 0 saturated carbocycles. The van der Waals surface area contributed by atoms with Crippen LogP contribution in [0, 0.1) is 6.92 Å². The van der Waals surface area contributed by atoms with Crippen LogP contribution >= 0.6 is 11.6 Å². The highest BCUT2D eigenvalue weighted by Gasteiger charge is 2.07. The Kier molecular flexibility index (Phi) is 4.52. The standard InChI is InChI=1S/C13H16ClN5/c1-9-3-4-10(7-17-9)5-6-16-13-11(15-2)12(14)18-8-19-13/h3-4,7-8,15H,5-6H2,1-2H3,(H,16,18,19). The molecule has 100 valence electrons. The fraction of sp³-hybridized carbons (Fsp3) is 0.308. The summed E-state index contributed by atoms with van der Waals surface area (Å²) in [6.07, 6.45) is 4.21. The summed E-state index contributed by atoms with van der Waals surface area (Å²) in [6, 6.07) is 4.09. The van der Waals surface area contributed by atoms with Crippen LogP contribution < -0.4 is 10.6 Å². The van der Waals surface area contributed by atoms with Gasteiger partial charge in [0.25, 0.3) is 0 Å². The van der Waals surface area contributed by atoms with Gasteiger partial charge in [0, 0.05) is 25.5 Å². The van der Waals surface area contributed by atoms with Crippen LogP contribution in [0.5, 0.6) is 0 Å². The summed E-state index contributed by atoms with van der Waals surface area (Å²) in [5.41, 5.74) is 2.92. The minimum absolute atomic E-state index is 0.414. The van der Waals surface area contributed by atoms with Gasteiger partial charge in [0.05, 0.1) is 0 Å². The van der Waals surface area contributed by atoms with E-state index >= 15 is 0 Å². The average molecular weight is 278 g/mol. The summed E-state index contributed by atoms with van der Waals surface area (Å²) in [7, 11) is 1.79. The Morgan fingerprint density at radius 1 is 1.21 bits per heavy atom. The molecule has 0 aliphatic carbocycles. The molecule has 19 heavy (non-hydrogen) atoms. The molecule has 0 bridgehead atoms. The van der Waals surface area contributed by atoms with E-state index in [0.29, 0.717) is 16.7 Å². The third-order valence-corrected chi connectivity index (χ3v) is 3.02. The second-order valence-electron chi connectivity index (χ2n) is 4.12. The third kappa shape index (κ3) is 3.54. The monoisotopic (exact) mass is 277 g/mol. The molecular formula is C13H16ClN5. The number of halogens is 1. The first kappa shape index (κ1) is 13.5. The molecule has 2 N–H and O–H groups in total. The van der Waals surface area contributed by atoms with Gasteiger partial charge < -0.3 is 10.6 Å². The largest absolute Gasteiger partial charge is 0.383 e. The average Bonchev–Trinajstić information content (AvgIpc) is 2.41. The molecule has 2 rings (SSSR count). The number of rotatable bonds is 5. The number of nitrogens with one attached hydrogen (secondary N) is 2. The molecule has 2 aromatic rings. The van der Waals surface area contributed by atoms with E-state index in [1.807, 2.05) is 19.2 Å². The van der Waals surface area contributed by atoms with E-state index in [-0.39, 0.29) is 0 Å². The minimum atomic E-state index is 0.414. The zero-order valence-corrected chi connectivity index (χ0v) is 11.7. The number of nitrogens with zero attached hydrogens (tertiary/aromatic N) is 3. The lowest BCUT2D eigenvalue weighted by atomic mass is 10.2. The van der Waals surface area contributed by atoms with Gasteiger partial charge in [-0.3, -0.25) is 4.98 Å². The molecule has 0 radical (unpaired) electrons. The second-order valence-corrected chi connectivity index (χ2v) is 4.48. The summed E-state index contributed by atoms with van der Waals surface area (Å²) in [4.78, 5) is 12.4. The summed E-state index contributed by atoms with van der Waals surface area (Å²) < 4.78 is 0. The van der Waals surface area contributed by atoms with Gasteiger partial charge in [0.1, 0.15) is 12.0 Å². The van der Waals surface area contributed by atoms with Crippen molar-refractivity contribution in [2.75, 3.05) is 24.2 Å². The molecule has 2 heterocycles.